The van der Waals surface area contributed by atoms with Crippen LogP contribution in [0.3, 0.4) is 0 Å². The van der Waals surface area contributed by atoms with Crippen LogP contribution in [0, 0.1) is 12.3 Å². The minimum Gasteiger partial charge on any atom is -0.493 e. The number of hydrogen-bond acceptors (Lipinski definition) is 8. The first-order valence-electron chi connectivity index (χ1n) is 9.09. The zero-order valence-corrected chi connectivity index (χ0v) is 17.0. The van der Waals surface area contributed by atoms with Gasteiger partial charge in [0, 0.05) is 24.3 Å². The summed E-state index contributed by atoms with van der Waals surface area (Å²) in [7, 11) is -3.30. The molecule has 1 aliphatic carbocycles. The average molecular weight is 424 g/mol. The van der Waals surface area contributed by atoms with E-state index in [0.29, 0.717) is 11.5 Å². The second-order valence-corrected chi connectivity index (χ2v) is 9.60. The first-order valence-corrected chi connectivity index (χ1v) is 11.0. The molecule has 1 fully saturated rings. The van der Waals surface area contributed by atoms with E-state index in [1.807, 2.05) is 0 Å². The molecular formula is C19H24N2O7S. The van der Waals surface area contributed by atoms with Gasteiger partial charge in [-0.25, -0.2) is 8.42 Å². The SMILES string of the molecule is Cc1cc(C(=O)NCC2(COc3ccc(S(C)(=O)=O)cc3)CC(O)C(O)C2)no1. The van der Waals surface area contributed by atoms with Crippen molar-refractivity contribution in [2.75, 3.05) is 19.4 Å². The van der Waals surface area contributed by atoms with Gasteiger partial charge in [0.05, 0.1) is 23.7 Å². The molecule has 158 valence electrons. The lowest BCUT2D eigenvalue weighted by molar-refractivity contribution is 0.0438. The third-order valence-electron chi connectivity index (χ3n) is 5.01. The third-order valence-corrected chi connectivity index (χ3v) is 6.14. The number of nitrogens with one attached hydrogen (secondary N) is 1. The Kier molecular flexibility index (Phi) is 5.97. The van der Waals surface area contributed by atoms with Crippen molar-refractivity contribution in [3.05, 3.63) is 41.8 Å². The van der Waals surface area contributed by atoms with Crippen LogP contribution in [0.15, 0.2) is 39.8 Å². The van der Waals surface area contributed by atoms with Gasteiger partial charge in [-0.1, -0.05) is 5.16 Å². The van der Waals surface area contributed by atoms with Crippen molar-refractivity contribution in [3.63, 3.8) is 0 Å². The van der Waals surface area contributed by atoms with Crippen LogP contribution in [0.5, 0.6) is 5.75 Å². The van der Waals surface area contributed by atoms with Gasteiger partial charge in [0.2, 0.25) is 0 Å². The van der Waals surface area contributed by atoms with Gasteiger partial charge in [-0.2, -0.15) is 0 Å². The number of ether oxygens (including phenoxy) is 1. The summed E-state index contributed by atoms with van der Waals surface area (Å²) in [6, 6.07) is 7.50. The molecular weight excluding hydrogens is 400 g/mol. The van der Waals surface area contributed by atoms with Crippen LogP contribution in [-0.4, -0.2) is 61.3 Å². The molecule has 1 amide bonds. The van der Waals surface area contributed by atoms with Gasteiger partial charge in [0.1, 0.15) is 11.5 Å². The normalized spacial score (nSPS) is 24.4. The van der Waals surface area contributed by atoms with Gasteiger partial charge in [-0.15, -0.1) is 0 Å². The molecule has 2 aromatic rings. The molecule has 2 atom stereocenters. The third kappa shape index (κ3) is 5.14. The Labute approximate surface area is 168 Å². The summed E-state index contributed by atoms with van der Waals surface area (Å²) in [4.78, 5) is 12.5. The number of benzene rings is 1. The van der Waals surface area contributed by atoms with Crippen molar-refractivity contribution in [3.8, 4) is 5.75 Å². The number of carbonyl (C=O) groups excluding carboxylic acids is 1. The lowest BCUT2D eigenvalue weighted by atomic mass is 9.86. The Balaban J connectivity index is 1.67. The maximum absolute atomic E-state index is 12.3. The number of amides is 1. The predicted octanol–water partition coefficient (Wildman–Crippen LogP) is 0.697. The van der Waals surface area contributed by atoms with E-state index in [0.717, 1.165) is 6.26 Å². The van der Waals surface area contributed by atoms with Crippen LogP contribution < -0.4 is 10.1 Å². The molecule has 1 saturated carbocycles. The highest BCUT2D eigenvalue weighted by Crippen LogP contribution is 2.38. The van der Waals surface area contributed by atoms with Crippen molar-refractivity contribution < 1.29 is 32.7 Å². The highest BCUT2D eigenvalue weighted by molar-refractivity contribution is 7.90. The summed E-state index contributed by atoms with van der Waals surface area (Å²) in [5.74, 6) is 0.540. The van der Waals surface area contributed by atoms with Gasteiger partial charge >= 0.3 is 0 Å². The van der Waals surface area contributed by atoms with Crippen LogP contribution >= 0.6 is 0 Å². The molecule has 29 heavy (non-hydrogen) atoms. The fourth-order valence-corrected chi connectivity index (χ4v) is 4.04. The standard InChI is InChI=1S/C19H24N2O7S/c1-12-7-15(21-28-12)18(24)20-10-19(8-16(22)17(23)9-19)11-27-13-3-5-14(6-4-13)29(2,25)26/h3-7,16-17,22-23H,8-11H2,1-2H3,(H,20,24). The first-order chi connectivity index (χ1) is 13.6. The Morgan fingerprint density at radius 1 is 1.28 bits per heavy atom. The molecule has 3 rings (SSSR count). The highest BCUT2D eigenvalue weighted by Gasteiger charge is 2.45. The lowest BCUT2D eigenvalue weighted by Crippen LogP contribution is -2.40. The average Bonchev–Trinajstić information content (AvgIpc) is 3.21. The fraction of sp³-hybridized carbons (Fsp3) is 0.474. The van der Waals surface area contributed by atoms with Gasteiger partial charge in [-0.3, -0.25) is 4.79 Å². The molecule has 0 spiro atoms. The van der Waals surface area contributed by atoms with Crippen molar-refractivity contribution in [1.82, 2.24) is 10.5 Å². The van der Waals surface area contributed by atoms with Gasteiger partial charge in [0.15, 0.2) is 15.5 Å². The number of aryl methyl sites for hydroxylation is 1. The van der Waals surface area contributed by atoms with Gasteiger partial charge in [-0.05, 0) is 44.0 Å². The van der Waals surface area contributed by atoms with Crippen LogP contribution in [-0.2, 0) is 9.84 Å². The van der Waals surface area contributed by atoms with Crippen LogP contribution in [0.2, 0.25) is 0 Å². The van der Waals surface area contributed by atoms with Crippen molar-refractivity contribution in [1.29, 1.82) is 0 Å². The molecule has 1 aromatic heterocycles. The van der Waals surface area contributed by atoms with E-state index in [1.54, 1.807) is 19.1 Å². The number of nitrogens with zero attached hydrogens (tertiary/aromatic N) is 1. The summed E-state index contributed by atoms with van der Waals surface area (Å²) in [5.41, 5.74) is -0.544. The highest BCUT2D eigenvalue weighted by atomic mass is 32.2. The largest absolute Gasteiger partial charge is 0.493 e. The summed E-state index contributed by atoms with van der Waals surface area (Å²) in [6.07, 6.45) is -0.227. The number of aromatic nitrogens is 1. The zero-order valence-electron chi connectivity index (χ0n) is 16.2. The Hall–Kier alpha value is -2.43. The molecule has 3 N–H and O–H groups in total. The number of aliphatic hydroxyl groups is 2. The van der Waals surface area contributed by atoms with Crippen molar-refractivity contribution in [2.45, 2.75) is 36.9 Å². The van der Waals surface area contributed by atoms with E-state index in [-0.39, 0.29) is 36.6 Å². The molecule has 1 aromatic carbocycles. The summed E-state index contributed by atoms with van der Waals surface area (Å²) < 4.78 is 33.8. The predicted molar refractivity (Wildman–Crippen MR) is 102 cm³/mol. The second kappa shape index (κ2) is 8.13. The van der Waals surface area contributed by atoms with Crippen molar-refractivity contribution >= 4 is 15.7 Å². The van der Waals surface area contributed by atoms with Crippen LogP contribution in [0.4, 0.5) is 0 Å². The smallest absolute Gasteiger partial charge is 0.273 e. The monoisotopic (exact) mass is 424 g/mol. The van der Waals surface area contributed by atoms with Crippen LogP contribution in [0.25, 0.3) is 0 Å². The molecule has 1 heterocycles. The number of carbonyl (C=O) groups is 1. The first kappa shape index (κ1) is 21.3. The maximum atomic E-state index is 12.3. The van der Waals surface area contributed by atoms with E-state index in [4.69, 9.17) is 9.26 Å². The van der Waals surface area contributed by atoms with Gasteiger partial charge in [0.25, 0.3) is 5.91 Å². The Morgan fingerprint density at radius 3 is 2.41 bits per heavy atom. The molecule has 2 unspecified atom stereocenters. The Bertz CT molecular complexity index is 959. The number of aliphatic hydroxyl groups excluding tert-OH is 2. The summed E-state index contributed by atoms with van der Waals surface area (Å²) in [6.45, 7) is 1.96. The van der Waals surface area contributed by atoms with E-state index in [2.05, 4.69) is 10.5 Å². The Morgan fingerprint density at radius 2 is 1.90 bits per heavy atom. The molecule has 0 radical (unpaired) electrons. The van der Waals surface area contributed by atoms with Gasteiger partial charge < -0.3 is 24.8 Å². The second-order valence-electron chi connectivity index (χ2n) is 7.58. The van der Waals surface area contributed by atoms with Crippen LogP contribution in [0.1, 0.15) is 29.1 Å². The van der Waals surface area contributed by atoms with E-state index in [9.17, 15) is 23.4 Å². The minimum absolute atomic E-state index is 0.122. The maximum Gasteiger partial charge on any atom is 0.273 e. The number of hydrogen-bond donors (Lipinski definition) is 3. The lowest BCUT2D eigenvalue weighted by Gasteiger charge is -2.29. The number of rotatable bonds is 7. The van der Waals surface area contributed by atoms with E-state index in [1.165, 1.54) is 18.2 Å². The zero-order chi connectivity index (χ0) is 21.2. The summed E-state index contributed by atoms with van der Waals surface area (Å²) in [5, 5.41) is 26.5. The molecule has 10 heteroatoms. The van der Waals surface area contributed by atoms with E-state index >= 15 is 0 Å². The number of sulfone groups is 1. The van der Waals surface area contributed by atoms with E-state index < -0.39 is 33.4 Å². The quantitative estimate of drug-likeness (QED) is 0.590. The molecule has 0 bridgehead atoms. The molecule has 9 nitrogen and oxygen atoms in total. The fourth-order valence-electron chi connectivity index (χ4n) is 3.41. The van der Waals surface area contributed by atoms with Crippen molar-refractivity contribution in [2.24, 2.45) is 5.41 Å². The molecule has 0 saturated heterocycles. The topological polar surface area (TPSA) is 139 Å². The molecule has 0 aliphatic heterocycles. The summed E-state index contributed by atoms with van der Waals surface area (Å²) >= 11 is 0. The minimum atomic E-state index is -3.30. The molecule has 1 aliphatic rings.